The van der Waals surface area contributed by atoms with Crippen LogP contribution in [0.25, 0.3) is 5.69 Å². The molecular formula is C27H24Cl2N4O3S. The number of nitrogens with zero attached hydrogens (tertiary/aromatic N) is 3. The van der Waals surface area contributed by atoms with Gasteiger partial charge in [-0.05, 0) is 80.6 Å². The van der Waals surface area contributed by atoms with Crippen LogP contribution in [0.15, 0.2) is 94.9 Å². The number of sulfonamides is 1. The van der Waals surface area contributed by atoms with Gasteiger partial charge < -0.3 is 4.57 Å². The van der Waals surface area contributed by atoms with E-state index in [1.165, 1.54) is 30.5 Å². The molecule has 1 N–H and O–H groups in total. The van der Waals surface area contributed by atoms with E-state index in [0.717, 1.165) is 26.9 Å². The summed E-state index contributed by atoms with van der Waals surface area (Å²) in [6.45, 7) is 3.45. The molecule has 0 aliphatic heterocycles. The van der Waals surface area contributed by atoms with Crippen LogP contribution in [0, 0.1) is 13.8 Å². The number of amides is 1. The number of nitrogens with one attached hydrogen (secondary N) is 1. The molecule has 0 radical (unpaired) electrons. The van der Waals surface area contributed by atoms with Gasteiger partial charge in [0.05, 0.1) is 16.8 Å². The molecule has 4 aromatic rings. The Labute approximate surface area is 226 Å². The molecule has 0 unspecified atom stereocenters. The van der Waals surface area contributed by atoms with Crippen LogP contribution < -0.4 is 9.73 Å². The third-order valence-electron chi connectivity index (χ3n) is 5.68. The monoisotopic (exact) mass is 554 g/mol. The van der Waals surface area contributed by atoms with E-state index in [1.54, 1.807) is 30.3 Å². The molecular weight excluding hydrogens is 531 g/mol. The van der Waals surface area contributed by atoms with E-state index >= 15 is 0 Å². The third-order valence-corrected chi connectivity index (χ3v) is 7.97. The van der Waals surface area contributed by atoms with Crippen molar-refractivity contribution in [1.82, 2.24) is 9.99 Å². The minimum absolute atomic E-state index is 0.0201. The minimum atomic E-state index is -4.04. The van der Waals surface area contributed by atoms with E-state index in [0.29, 0.717) is 15.7 Å². The molecule has 0 atom stereocenters. The maximum atomic E-state index is 13.4. The summed E-state index contributed by atoms with van der Waals surface area (Å²) in [5, 5.41) is 5.14. The highest BCUT2D eigenvalue weighted by Gasteiger charge is 2.27. The molecule has 0 saturated carbocycles. The Hall–Kier alpha value is -3.59. The molecule has 0 aliphatic rings. The van der Waals surface area contributed by atoms with Gasteiger partial charge in [0.15, 0.2) is 0 Å². The van der Waals surface area contributed by atoms with Gasteiger partial charge in [0.2, 0.25) is 0 Å². The van der Waals surface area contributed by atoms with Crippen molar-refractivity contribution in [1.29, 1.82) is 0 Å². The molecule has 4 rings (SSSR count). The van der Waals surface area contributed by atoms with Crippen molar-refractivity contribution >= 4 is 51.0 Å². The van der Waals surface area contributed by atoms with Gasteiger partial charge in [-0.25, -0.2) is 13.8 Å². The van der Waals surface area contributed by atoms with E-state index in [4.69, 9.17) is 23.2 Å². The summed E-state index contributed by atoms with van der Waals surface area (Å²) in [5.74, 6) is -0.593. The van der Waals surface area contributed by atoms with E-state index < -0.39 is 22.5 Å². The van der Waals surface area contributed by atoms with Gasteiger partial charge in [0.25, 0.3) is 15.9 Å². The Bertz CT molecular complexity index is 1530. The van der Waals surface area contributed by atoms with Crippen molar-refractivity contribution in [3.05, 3.63) is 112 Å². The molecule has 0 spiro atoms. The third kappa shape index (κ3) is 6.05. The average Bonchev–Trinajstić information content (AvgIpc) is 3.16. The van der Waals surface area contributed by atoms with Gasteiger partial charge >= 0.3 is 0 Å². The van der Waals surface area contributed by atoms with Crippen LogP contribution in [-0.2, 0) is 14.8 Å². The van der Waals surface area contributed by atoms with E-state index in [2.05, 4.69) is 15.1 Å². The van der Waals surface area contributed by atoms with Crippen molar-refractivity contribution in [3.8, 4) is 5.69 Å². The molecule has 1 amide bonds. The van der Waals surface area contributed by atoms with Crippen LogP contribution in [-0.4, -0.2) is 31.7 Å². The number of halogens is 2. The molecule has 0 bridgehead atoms. The van der Waals surface area contributed by atoms with Crippen LogP contribution in [0.5, 0.6) is 0 Å². The zero-order chi connectivity index (χ0) is 26.6. The standard InChI is InChI=1S/C27H24Cl2N4O3S/c1-19-16-21(20(2)33(19)25-12-8-22(28)9-13-25)17-30-31-27(34)18-32(24-6-4-3-5-7-24)37(35,36)26-14-10-23(29)11-15-26/h3-17H,18H2,1-2H3,(H,31,34)/b30-17-. The lowest BCUT2D eigenvalue weighted by Crippen LogP contribution is -2.39. The first kappa shape index (κ1) is 26.5. The van der Waals surface area contributed by atoms with Gasteiger partial charge in [-0.2, -0.15) is 5.10 Å². The minimum Gasteiger partial charge on any atom is -0.318 e. The van der Waals surface area contributed by atoms with Crippen molar-refractivity contribution in [3.63, 3.8) is 0 Å². The Morgan fingerprint density at radius 1 is 0.946 bits per heavy atom. The number of anilines is 1. The van der Waals surface area contributed by atoms with E-state index in [1.807, 2.05) is 44.2 Å². The number of rotatable bonds is 8. The van der Waals surface area contributed by atoms with Crippen LogP contribution in [0.2, 0.25) is 10.0 Å². The molecule has 0 fully saturated rings. The van der Waals surface area contributed by atoms with Crippen LogP contribution in [0.3, 0.4) is 0 Å². The first-order valence-corrected chi connectivity index (χ1v) is 13.5. The molecule has 0 saturated heterocycles. The number of carbonyl (C=O) groups excluding carboxylic acids is 1. The molecule has 0 aliphatic carbocycles. The fraction of sp³-hybridized carbons (Fsp3) is 0.111. The second-order valence-electron chi connectivity index (χ2n) is 8.23. The number of benzene rings is 3. The molecule has 1 aromatic heterocycles. The lowest BCUT2D eigenvalue weighted by Gasteiger charge is -2.23. The highest BCUT2D eigenvalue weighted by atomic mass is 35.5. The lowest BCUT2D eigenvalue weighted by molar-refractivity contribution is -0.119. The SMILES string of the molecule is Cc1cc(/C=N\NC(=O)CN(c2ccccc2)S(=O)(=O)c2ccc(Cl)cc2)c(C)n1-c1ccc(Cl)cc1. The Kier molecular flexibility index (Phi) is 8.02. The molecule has 37 heavy (non-hydrogen) atoms. The van der Waals surface area contributed by atoms with Crippen molar-refractivity contribution in [2.75, 3.05) is 10.8 Å². The number of hydrogen-bond acceptors (Lipinski definition) is 4. The maximum Gasteiger partial charge on any atom is 0.264 e. The highest BCUT2D eigenvalue weighted by molar-refractivity contribution is 7.92. The smallest absolute Gasteiger partial charge is 0.264 e. The second-order valence-corrected chi connectivity index (χ2v) is 11.0. The topological polar surface area (TPSA) is 83.8 Å². The van der Waals surface area contributed by atoms with Crippen molar-refractivity contribution < 1.29 is 13.2 Å². The predicted octanol–water partition coefficient (Wildman–Crippen LogP) is 5.75. The quantitative estimate of drug-likeness (QED) is 0.222. The summed E-state index contributed by atoms with van der Waals surface area (Å²) in [6, 6.07) is 23.6. The van der Waals surface area contributed by atoms with Gasteiger partial charge in [-0.15, -0.1) is 0 Å². The number of carbonyl (C=O) groups is 1. The summed E-state index contributed by atoms with van der Waals surface area (Å²) in [6.07, 6.45) is 1.53. The first-order chi connectivity index (χ1) is 17.7. The van der Waals surface area contributed by atoms with Gasteiger partial charge in [0.1, 0.15) is 6.54 Å². The van der Waals surface area contributed by atoms with Crippen LogP contribution in [0.1, 0.15) is 17.0 Å². The zero-order valence-corrected chi connectivity index (χ0v) is 22.4. The fourth-order valence-electron chi connectivity index (χ4n) is 3.89. The first-order valence-electron chi connectivity index (χ1n) is 11.3. The van der Waals surface area contributed by atoms with E-state index in [-0.39, 0.29) is 4.90 Å². The summed E-state index contributed by atoms with van der Waals surface area (Å²) in [4.78, 5) is 12.8. The number of aryl methyl sites for hydroxylation is 1. The summed E-state index contributed by atoms with van der Waals surface area (Å²) >= 11 is 11.9. The fourth-order valence-corrected chi connectivity index (χ4v) is 5.56. The Morgan fingerprint density at radius 2 is 1.54 bits per heavy atom. The molecule has 10 heteroatoms. The van der Waals surface area contributed by atoms with Crippen LogP contribution in [0.4, 0.5) is 5.69 Å². The maximum absolute atomic E-state index is 13.4. The van der Waals surface area contributed by atoms with Crippen LogP contribution >= 0.6 is 23.2 Å². The number of hydrazone groups is 1. The largest absolute Gasteiger partial charge is 0.318 e. The van der Waals surface area contributed by atoms with Crippen molar-refractivity contribution in [2.45, 2.75) is 18.7 Å². The number of para-hydroxylation sites is 1. The Morgan fingerprint density at radius 3 is 2.16 bits per heavy atom. The second kappa shape index (κ2) is 11.2. The average molecular weight is 555 g/mol. The van der Waals surface area contributed by atoms with E-state index in [9.17, 15) is 13.2 Å². The molecule has 3 aromatic carbocycles. The summed E-state index contributed by atoms with van der Waals surface area (Å²) in [5.41, 5.74) is 6.46. The molecule has 7 nitrogen and oxygen atoms in total. The normalized spacial score (nSPS) is 11.6. The van der Waals surface area contributed by atoms with Crippen molar-refractivity contribution in [2.24, 2.45) is 5.10 Å². The predicted molar refractivity (Wildman–Crippen MR) is 148 cm³/mol. The van der Waals surface area contributed by atoms with Gasteiger partial charge in [-0.1, -0.05) is 41.4 Å². The number of aromatic nitrogens is 1. The summed E-state index contributed by atoms with van der Waals surface area (Å²) in [7, 11) is -4.04. The summed E-state index contributed by atoms with van der Waals surface area (Å²) < 4.78 is 29.8. The number of hydrogen-bond donors (Lipinski definition) is 1. The molecule has 190 valence electrons. The van der Waals surface area contributed by atoms with Gasteiger partial charge in [-0.3, -0.25) is 9.10 Å². The Balaban J connectivity index is 1.53. The molecule has 1 heterocycles. The zero-order valence-electron chi connectivity index (χ0n) is 20.1. The van der Waals surface area contributed by atoms with Gasteiger partial charge in [0, 0.05) is 32.7 Å². The highest BCUT2D eigenvalue weighted by Crippen LogP contribution is 2.25. The lowest BCUT2D eigenvalue weighted by atomic mass is 10.2.